The van der Waals surface area contributed by atoms with E-state index in [1.807, 2.05) is 33.1 Å². The molecule has 0 aliphatic rings. The van der Waals surface area contributed by atoms with Gasteiger partial charge < -0.3 is 0 Å². The summed E-state index contributed by atoms with van der Waals surface area (Å²) >= 11 is 7.16. The first-order valence-electron chi connectivity index (χ1n) is 6.32. The minimum absolute atomic E-state index is 0.172. The summed E-state index contributed by atoms with van der Waals surface area (Å²) in [7, 11) is -3.71. The first kappa shape index (κ1) is 16.4. The summed E-state index contributed by atoms with van der Waals surface area (Å²) in [6.45, 7) is 6.00. The van der Waals surface area contributed by atoms with Crippen molar-refractivity contribution in [2.24, 2.45) is 0 Å². The van der Waals surface area contributed by atoms with Crippen LogP contribution in [-0.2, 0) is 15.4 Å². The molecule has 2 aromatic rings. The van der Waals surface area contributed by atoms with Gasteiger partial charge in [-0.05, 0) is 36.6 Å². The Labute approximate surface area is 134 Å². The van der Waals surface area contributed by atoms with Crippen LogP contribution in [0, 0.1) is 0 Å². The van der Waals surface area contributed by atoms with Crippen molar-refractivity contribution in [1.29, 1.82) is 0 Å². The third kappa shape index (κ3) is 3.27. The third-order valence-corrected chi connectivity index (χ3v) is 5.64. The van der Waals surface area contributed by atoms with Gasteiger partial charge in [0.15, 0.2) is 0 Å². The predicted octanol–water partition coefficient (Wildman–Crippen LogP) is 3.79. The van der Waals surface area contributed by atoms with E-state index in [-0.39, 0.29) is 10.3 Å². The molecular weight excluding hydrogens is 328 g/mol. The number of rotatable bonds is 3. The maximum Gasteiger partial charge on any atom is 0.283 e. The smallest absolute Gasteiger partial charge is 0.199 e. The monoisotopic (exact) mass is 344 g/mol. The lowest BCUT2D eigenvalue weighted by Crippen LogP contribution is -2.18. The lowest BCUT2D eigenvalue weighted by molar-refractivity contribution is 0.550. The van der Waals surface area contributed by atoms with Crippen LogP contribution in [0.2, 0.25) is 5.02 Å². The van der Waals surface area contributed by atoms with Crippen molar-refractivity contribution in [3.8, 4) is 0 Å². The third-order valence-electron chi connectivity index (χ3n) is 2.96. The second-order valence-electron chi connectivity index (χ2n) is 5.62. The number of hydrogen-bond donors (Lipinski definition) is 0. The Hall–Kier alpha value is -0.980. The Morgan fingerprint density at radius 1 is 1.19 bits per heavy atom. The molecule has 0 amide bonds. The number of halogens is 1. The number of hydrogen-bond acceptors (Lipinski definition) is 4. The van der Waals surface area contributed by atoms with Crippen LogP contribution in [-0.4, -0.2) is 23.9 Å². The van der Waals surface area contributed by atoms with Gasteiger partial charge in [-0.2, -0.15) is 13.5 Å². The Morgan fingerprint density at radius 3 is 2.24 bits per heavy atom. The Morgan fingerprint density at radius 2 is 1.76 bits per heavy atom. The van der Waals surface area contributed by atoms with Gasteiger partial charge in [0.25, 0.3) is 10.0 Å². The van der Waals surface area contributed by atoms with E-state index in [0.29, 0.717) is 10.0 Å². The highest BCUT2D eigenvalue weighted by Crippen LogP contribution is 2.28. The Bertz CT molecular complexity index is 744. The van der Waals surface area contributed by atoms with E-state index in [1.165, 1.54) is 23.9 Å². The lowest BCUT2D eigenvalue weighted by atomic mass is 9.93. The highest BCUT2D eigenvalue weighted by atomic mass is 35.5. The second-order valence-corrected chi connectivity index (χ2v) is 8.65. The Kier molecular flexibility index (Phi) is 4.42. The zero-order valence-corrected chi connectivity index (χ0v) is 14.7. The zero-order valence-electron chi connectivity index (χ0n) is 12.3. The molecule has 0 radical (unpaired) electrons. The molecule has 1 heterocycles. The molecule has 0 spiro atoms. The van der Waals surface area contributed by atoms with E-state index >= 15 is 0 Å². The number of benzene rings is 1. The van der Waals surface area contributed by atoms with Gasteiger partial charge in [0, 0.05) is 10.4 Å². The maximum atomic E-state index is 12.7. The first-order valence-corrected chi connectivity index (χ1v) is 9.36. The Balaban J connectivity index is 2.59. The van der Waals surface area contributed by atoms with Crippen LogP contribution in [0.1, 0.15) is 26.5 Å². The first-order chi connectivity index (χ1) is 9.66. The van der Waals surface area contributed by atoms with Crippen LogP contribution >= 0.6 is 23.4 Å². The van der Waals surface area contributed by atoms with Crippen LogP contribution in [0.4, 0.5) is 0 Å². The van der Waals surface area contributed by atoms with Crippen molar-refractivity contribution in [3.05, 3.63) is 41.0 Å². The van der Waals surface area contributed by atoms with Crippen molar-refractivity contribution in [2.75, 3.05) is 6.26 Å². The van der Waals surface area contributed by atoms with E-state index in [0.717, 1.165) is 9.78 Å². The van der Waals surface area contributed by atoms with Crippen molar-refractivity contribution >= 4 is 33.4 Å². The highest BCUT2D eigenvalue weighted by molar-refractivity contribution is 7.99. The van der Waals surface area contributed by atoms with Crippen LogP contribution in [0.3, 0.4) is 0 Å². The molecule has 1 aromatic heterocycles. The van der Waals surface area contributed by atoms with Crippen molar-refractivity contribution < 1.29 is 8.42 Å². The normalized spacial score (nSPS) is 12.6. The molecule has 7 heteroatoms. The van der Waals surface area contributed by atoms with E-state index in [1.54, 1.807) is 12.1 Å². The van der Waals surface area contributed by atoms with Gasteiger partial charge in [0.2, 0.25) is 0 Å². The van der Waals surface area contributed by atoms with Gasteiger partial charge in [0.1, 0.15) is 5.03 Å². The van der Waals surface area contributed by atoms with E-state index in [9.17, 15) is 8.42 Å². The quantitative estimate of drug-likeness (QED) is 0.795. The number of aromatic nitrogens is 2. The zero-order chi connectivity index (χ0) is 15.8. The highest BCUT2D eigenvalue weighted by Gasteiger charge is 2.26. The van der Waals surface area contributed by atoms with Gasteiger partial charge in [-0.1, -0.05) is 32.4 Å². The molecule has 2 rings (SSSR count). The molecule has 0 N–H and O–H groups in total. The average Bonchev–Trinajstić information content (AvgIpc) is 2.84. The van der Waals surface area contributed by atoms with Crippen LogP contribution in [0.5, 0.6) is 0 Å². The summed E-state index contributed by atoms with van der Waals surface area (Å²) in [5.74, 6) is 0. The molecule has 114 valence electrons. The second kappa shape index (κ2) is 5.66. The summed E-state index contributed by atoms with van der Waals surface area (Å²) in [6, 6.07) is 7.90. The van der Waals surface area contributed by atoms with Crippen molar-refractivity contribution in [3.63, 3.8) is 0 Å². The molecule has 0 unspecified atom stereocenters. The van der Waals surface area contributed by atoms with E-state index in [4.69, 9.17) is 11.6 Å². The van der Waals surface area contributed by atoms with E-state index < -0.39 is 10.0 Å². The van der Waals surface area contributed by atoms with Gasteiger partial charge in [-0.3, -0.25) is 0 Å². The summed E-state index contributed by atoms with van der Waals surface area (Å²) in [5, 5.41) is 5.39. The minimum Gasteiger partial charge on any atom is -0.199 e. The van der Waals surface area contributed by atoms with E-state index in [2.05, 4.69) is 5.10 Å². The molecule has 0 atom stereocenters. The van der Waals surface area contributed by atoms with Gasteiger partial charge >= 0.3 is 0 Å². The average molecular weight is 345 g/mol. The SMILES string of the molecule is CSc1cc(C(C)(C)C)nn1S(=O)(=O)c1ccc(Cl)cc1. The molecule has 0 aliphatic carbocycles. The minimum atomic E-state index is -3.71. The standard InChI is InChI=1S/C14H17ClN2O2S2/c1-14(2,3)12-9-13(20-4)17(16-12)21(18,19)11-7-5-10(15)6-8-11/h5-9H,1-4H3. The number of nitrogens with zero attached hydrogens (tertiary/aromatic N) is 2. The lowest BCUT2D eigenvalue weighted by Gasteiger charge is -2.14. The fraction of sp³-hybridized carbons (Fsp3) is 0.357. The topological polar surface area (TPSA) is 52.0 Å². The maximum absolute atomic E-state index is 12.7. The molecule has 21 heavy (non-hydrogen) atoms. The fourth-order valence-corrected chi connectivity index (χ4v) is 3.97. The van der Waals surface area contributed by atoms with Gasteiger partial charge in [0.05, 0.1) is 10.6 Å². The molecule has 1 aromatic carbocycles. The number of thioether (sulfide) groups is 1. The molecule has 0 aliphatic heterocycles. The summed E-state index contributed by atoms with van der Waals surface area (Å²) in [6.07, 6.45) is 1.83. The van der Waals surface area contributed by atoms with Gasteiger partial charge in [-0.25, -0.2) is 0 Å². The van der Waals surface area contributed by atoms with Gasteiger partial charge in [-0.15, -0.1) is 15.8 Å². The predicted molar refractivity (Wildman–Crippen MR) is 86.7 cm³/mol. The molecule has 0 fully saturated rings. The molecule has 0 bridgehead atoms. The largest absolute Gasteiger partial charge is 0.283 e. The van der Waals surface area contributed by atoms with Crippen LogP contribution in [0.25, 0.3) is 0 Å². The molecule has 0 saturated carbocycles. The van der Waals surface area contributed by atoms with Crippen LogP contribution < -0.4 is 0 Å². The van der Waals surface area contributed by atoms with Crippen LogP contribution in [0.15, 0.2) is 40.3 Å². The van der Waals surface area contributed by atoms with Crippen molar-refractivity contribution in [2.45, 2.75) is 36.1 Å². The molecule has 4 nitrogen and oxygen atoms in total. The van der Waals surface area contributed by atoms with Crippen molar-refractivity contribution in [1.82, 2.24) is 9.19 Å². The molecule has 0 saturated heterocycles. The molecular formula is C14H17ClN2O2S2. The summed E-state index contributed by atoms with van der Waals surface area (Å²) < 4.78 is 26.5. The summed E-state index contributed by atoms with van der Waals surface area (Å²) in [4.78, 5) is 0.172. The fourth-order valence-electron chi connectivity index (χ4n) is 1.73. The summed E-state index contributed by atoms with van der Waals surface area (Å²) in [5.41, 5.74) is 0.523.